The van der Waals surface area contributed by atoms with E-state index in [2.05, 4.69) is 6.58 Å². The van der Waals surface area contributed by atoms with Crippen LogP contribution in [0.3, 0.4) is 0 Å². The second-order valence-electron chi connectivity index (χ2n) is 4.08. The van der Waals surface area contributed by atoms with Crippen LogP contribution in [-0.4, -0.2) is 40.5 Å². The average Bonchev–Trinajstić information content (AvgIpc) is 2.33. The molecule has 1 rings (SSSR count). The molecular formula is C11H18N2O3. The third-order valence-electron chi connectivity index (χ3n) is 2.84. The van der Waals surface area contributed by atoms with Gasteiger partial charge in [0.1, 0.15) is 6.54 Å². The number of hydrogen-bond acceptors (Lipinski definition) is 3. The van der Waals surface area contributed by atoms with Gasteiger partial charge in [0.2, 0.25) is 5.91 Å². The normalized spacial score (nSPS) is 26.3. The zero-order valence-electron chi connectivity index (χ0n) is 9.26. The van der Waals surface area contributed by atoms with Gasteiger partial charge in [0.05, 0.1) is 6.04 Å². The zero-order chi connectivity index (χ0) is 12.1. The van der Waals surface area contributed by atoms with Crippen molar-refractivity contribution in [3.63, 3.8) is 0 Å². The standard InChI is InChI=1S/C11H18N2O3/c1-2-4-8-5-3-6-9(12)11(16)13(8)7-10(14)15/h2,8-9H,1,3-7,12H2,(H,14,15). The predicted octanol–water partition coefficient (Wildman–Crippen LogP) is 0.355. The number of amides is 1. The van der Waals surface area contributed by atoms with Crippen LogP contribution in [0.2, 0.25) is 0 Å². The summed E-state index contributed by atoms with van der Waals surface area (Å²) < 4.78 is 0. The topological polar surface area (TPSA) is 83.6 Å². The molecule has 2 unspecified atom stereocenters. The first-order valence-corrected chi connectivity index (χ1v) is 5.45. The van der Waals surface area contributed by atoms with Crippen LogP contribution in [0.25, 0.3) is 0 Å². The summed E-state index contributed by atoms with van der Waals surface area (Å²) in [5.41, 5.74) is 5.69. The fraction of sp³-hybridized carbons (Fsp3) is 0.636. The Bertz CT molecular complexity index is 291. The van der Waals surface area contributed by atoms with Gasteiger partial charge in [0, 0.05) is 6.04 Å². The van der Waals surface area contributed by atoms with E-state index in [9.17, 15) is 9.59 Å². The van der Waals surface area contributed by atoms with Gasteiger partial charge in [-0.2, -0.15) is 0 Å². The molecule has 1 fully saturated rings. The van der Waals surface area contributed by atoms with Crippen molar-refractivity contribution >= 4 is 11.9 Å². The van der Waals surface area contributed by atoms with Crippen LogP contribution in [0.15, 0.2) is 12.7 Å². The number of nitrogens with zero attached hydrogens (tertiary/aromatic N) is 1. The van der Waals surface area contributed by atoms with Crippen LogP contribution in [0.4, 0.5) is 0 Å². The molecule has 90 valence electrons. The molecule has 3 N–H and O–H groups in total. The van der Waals surface area contributed by atoms with Gasteiger partial charge in [-0.25, -0.2) is 0 Å². The van der Waals surface area contributed by atoms with E-state index in [0.29, 0.717) is 12.8 Å². The lowest BCUT2D eigenvalue weighted by atomic mass is 10.1. The summed E-state index contributed by atoms with van der Waals surface area (Å²) in [6.07, 6.45) is 4.60. The van der Waals surface area contributed by atoms with Gasteiger partial charge in [-0.15, -0.1) is 6.58 Å². The molecule has 0 aliphatic carbocycles. The molecule has 0 saturated carbocycles. The van der Waals surface area contributed by atoms with Crippen molar-refractivity contribution in [2.24, 2.45) is 5.73 Å². The van der Waals surface area contributed by atoms with Gasteiger partial charge in [-0.1, -0.05) is 6.08 Å². The Hall–Kier alpha value is -1.36. The number of carbonyl (C=O) groups excluding carboxylic acids is 1. The first-order valence-electron chi connectivity index (χ1n) is 5.45. The van der Waals surface area contributed by atoms with Crippen LogP contribution in [0, 0.1) is 0 Å². The number of likely N-dealkylation sites (tertiary alicyclic amines) is 1. The Labute approximate surface area is 94.9 Å². The maximum absolute atomic E-state index is 11.9. The van der Waals surface area contributed by atoms with Crippen molar-refractivity contribution in [3.05, 3.63) is 12.7 Å². The lowest BCUT2D eigenvalue weighted by Gasteiger charge is -2.28. The highest BCUT2D eigenvalue weighted by Crippen LogP contribution is 2.19. The molecule has 1 aliphatic rings. The smallest absolute Gasteiger partial charge is 0.323 e. The second-order valence-corrected chi connectivity index (χ2v) is 4.08. The van der Waals surface area contributed by atoms with E-state index in [1.54, 1.807) is 6.08 Å². The van der Waals surface area contributed by atoms with Crippen molar-refractivity contribution in [2.75, 3.05) is 6.54 Å². The van der Waals surface area contributed by atoms with Gasteiger partial charge in [0.25, 0.3) is 0 Å². The molecule has 1 aliphatic heterocycles. The molecule has 0 radical (unpaired) electrons. The molecule has 0 aromatic rings. The number of carbonyl (C=O) groups is 2. The van der Waals surface area contributed by atoms with Gasteiger partial charge >= 0.3 is 5.97 Å². The summed E-state index contributed by atoms with van der Waals surface area (Å²) in [5.74, 6) is -1.26. The summed E-state index contributed by atoms with van der Waals surface area (Å²) in [4.78, 5) is 24.0. The molecule has 1 heterocycles. The van der Waals surface area contributed by atoms with Gasteiger partial charge in [-0.05, 0) is 25.7 Å². The molecule has 16 heavy (non-hydrogen) atoms. The summed E-state index contributed by atoms with van der Waals surface area (Å²) in [5, 5.41) is 8.79. The molecular weight excluding hydrogens is 208 g/mol. The highest BCUT2D eigenvalue weighted by atomic mass is 16.4. The van der Waals surface area contributed by atoms with Crippen molar-refractivity contribution in [1.82, 2.24) is 4.90 Å². The van der Waals surface area contributed by atoms with Crippen molar-refractivity contribution in [3.8, 4) is 0 Å². The maximum Gasteiger partial charge on any atom is 0.323 e. The van der Waals surface area contributed by atoms with E-state index in [1.807, 2.05) is 0 Å². The Morgan fingerprint density at radius 2 is 2.31 bits per heavy atom. The number of rotatable bonds is 4. The Morgan fingerprint density at radius 1 is 1.62 bits per heavy atom. The third kappa shape index (κ3) is 3.06. The van der Waals surface area contributed by atoms with Crippen LogP contribution in [-0.2, 0) is 9.59 Å². The number of carboxylic acid groups (broad SMARTS) is 1. The van der Waals surface area contributed by atoms with Crippen molar-refractivity contribution < 1.29 is 14.7 Å². The minimum atomic E-state index is -1.00. The maximum atomic E-state index is 11.9. The monoisotopic (exact) mass is 226 g/mol. The summed E-state index contributed by atoms with van der Waals surface area (Å²) in [7, 11) is 0. The summed E-state index contributed by atoms with van der Waals surface area (Å²) in [6, 6.07) is -0.635. The minimum Gasteiger partial charge on any atom is -0.480 e. The zero-order valence-corrected chi connectivity index (χ0v) is 9.26. The summed E-state index contributed by atoms with van der Waals surface area (Å²) >= 11 is 0. The van der Waals surface area contributed by atoms with E-state index < -0.39 is 12.0 Å². The quantitative estimate of drug-likeness (QED) is 0.678. The van der Waals surface area contributed by atoms with Crippen LogP contribution < -0.4 is 5.73 Å². The van der Waals surface area contributed by atoms with Crippen molar-refractivity contribution in [2.45, 2.75) is 37.8 Å². The number of aliphatic carboxylic acids is 1. The minimum absolute atomic E-state index is 0.0744. The molecule has 1 saturated heterocycles. The second kappa shape index (κ2) is 5.65. The van der Waals surface area contributed by atoms with Gasteiger partial charge in [0.15, 0.2) is 0 Å². The molecule has 0 aromatic carbocycles. The first-order chi connectivity index (χ1) is 7.56. The van der Waals surface area contributed by atoms with E-state index in [0.717, 1.165) is 12.8 Å². The molecule has 0 spiro atoms. The SMILES string of the molecule is C=CCC1CCCC(N)C(=O)N1CC(=O)O. The van der Waals surface area contributed by atoms with E-state index in [-0.39, 0.29) is 18.5 Å². The first kappa shape index (κ1) is 12.7. The largest absolute Gasteiger partial charge is 0.480 e. The Morgan fingerprint density at radius 3 is 2.88 bits per heavy atom. The van der Waals surface area contributed by atoms with Crippen LogP contribution >= 0.6 is 0 Å². The van der Waals surface area contributed by atoms with Crippen LogP contribution in [0.1, 0.15) is 25.7 Å². The fourth-order valence-corrected chi connectivity index (χ4v) is 2.04. The Kier molecular flexibility index (Phi) is 4.49. The number of hydrogen-bond donors (Lipinski definition) is 2. The van der Waals surface area contributed by atoms with E-state index >= 15 is 0 Å². The molecule has 5 nitrogen and oxygen atoms in total. The van der Waals surface area contributed by atoms with Crippen molar-refractivity contribution in [1.29, 1.82) is 0 Å². The van der Waals surface area contributed by atoms with E-state index in [1.165, 1.54) is 4.90 Å². The van der Waals surface area contributed by atoms with Gasteiger partial charge < -0.3 is 15.7 Å². The molecule has 0 bridgehead atoms. The molecule has 1 amide bonds. The highest BCUT2D eigenvalue weighted by Gasteiger charge is 2.31. The lowest BCUT2D eigenvalue weighted by Crippen LogP contribution is -2.48. The van der Waals surface area contributed by atoms with Gasteiger partial charge in [-0.3, -0.25) is 9.59 Å². The molecule has 2 atom stereocenters. The Balaban J connectivity index is 2.82. The predicted molar refractivity (Wildman–Crippen MR) is 59.8 cm³/mol. The fourth-order valence-electron chi connectivity index (χ4n) is 2.04. The van der Waals surface area contributed by atoms with E-state index in [4.69, 9.17) is 10.8 Å². The number of nitrogens with two attached hydrogens (primary N) is 1. The third-order valence-corrected chi connectivity index (χ3v) is 2.84. The van der Waals surface area contributed by atoms with Crippen LogP contribution in [0.5, 0.6) is 0 Å². The molecule has 0 aromatic heterocycles. The average molecular weight is 226 g/mol. The summed E-state index contributed by atoms with van der Waals surface area (Å²) in [6.45, 7) is 3.35. The highest BCUT2D eigenvalue weighted by molar-refractivity contribution is 5.85. The lowest BCUT2D eigenvalue weighted by molar-refractivity contribution is -0.146. The number of carboxylic acids is 1. The molecule has 5 heteroatoms.